The second-order valence-corrected chi connectivity index (χ2v) is 4.70. The van der Waals surface area contributed by atoms with Gasteiger partial charge in [0.1, 0.15) is 5.76 Å². The van der Waals surface area contributed by atoms with Crippen LogP contribution in [0.2, 0.25) is 0 Å². The van der Waals surface area contributed by atoms with Gasteiger partial charge in [0.25, 0.3) is 0 Å². The van der Waals surface area contributed by atoms with Crippen molar-refractivity contribution in [3.8, 4) is 0 Å². The molecule has 0 fully saturated rings. The van der Waals surface area contributed by atoms with Gasteiger partial charge in [-0.3, -0.25) is 0 Å². The van der Waals surface area contributed by atoms with Crippen LogP contribution < -0.4 is 10.6 Å². The predicted molar refractivity (Wildman–Crippen MR) is 79.1 cm³/mol. The summed E-state index contributed by atoms with van der Waals surface area (Å²) in [4.78, 5) is 2.28. The first-order valence-corrected chi connectivity index (χ1v) is 6.87. The fourth-order valence-electron chi connectivity index (χ4n) is 2.14. The first kappa shape index (κ1) is 13.7. The van der Waals surface area contributed by atoms with E-state index in [9.17, 15) is 0 Å². The van der Waals surface area contributed by atoms with E-state index in [1.165, 1.54) is 11.3 Å². The van der Waals surface area contributed by atoms with E-state index < -0.39 is 0 Å². The highest BCUT2D eigenvalue weighted by Crippen LogP contribution is 2.21. The minimum absolute atomic E-state index is 0.134. The number of nitrogens with two attached hydrogens (primary N) is 1. The van der Waals surface area contributed by atoms with Gasteiger partial charge in [-0.2, -0.15) is 0 Å². The molecule has 1 unspecified atom stereocenters. The van der Waals surface area contributed by atoms with Gasteiger partial charge in [0.2, 0.25) is 0 Å². The molecule has 3 heteroatoms. The van der Waals surface area contributed by atoms with Crippen LogP contribution in [0.4, 0.5) is 5.69 Å². The van der Waals surface area contributed by atoms with E-state index in [4.69, 9.17) is 10.2 Å². The van der Waals surface area contributed by atoms with Crippen molar-refractivity contribution >= 4 is 5.69 Å². The third-order valence-corrected chi connectivity index (χ3v) is 3.43. The molecule has 1 heterocycles. The lowest BCUT2D eigenvalue weighted by Gasteiger charge is -2.22. The molecule has 0 saturated heterocycles. The standard InChI is InChI=1S/C16H22N2O/c1-3-16(17)13-7-9-14(10-8-13)18(4-2)12-15-6-5-11-19-15/h5-11,16H,3-4,12,17H2,1-2H3. The van der Waals surface area contributed by atoms with Crippen molar-refractivity contribution in [2.75, 3.05) is 11.4 Å². The summed E-state index contributed by atoms with van der Waals surface area (Å²) in [5.74, 6) is 0.983. The largest absolute Gasteiger partial charge is 0.467 e. The van der Waals surface area contributed by atoms with Gasteiger partial charge in [0.05, 0.1) is 12.8 Å². The number of anilines is 1. The Balaban J connectivity index is 2.10. The molecule has 0 spiro atoms. The van der Waals surface area contributed by atoms with Crippen molar-refractivity contribution in [1.29, 1.82) is 0 Å². The van der Waals surface area contributed by atoms with Gasteiger partial charge in [-0.25, -0.2) is 0 Å². The maximum absolute atomic E-state index is 6.03. The maximum atomic E-state index is 6.03. The highest BCUT2D eigenvalue weighted by Gasteiger charge is 2.08. The molecule has 2 rings (SSSR count). The zero-order valence-electron chi connectivity index (χ0n) is 11.7. The Kier molecular flexibility index (Phi) is 4.63. The monoisotopic (exact) mass is 258 g/mol. The molecule has 0 aliphatic carbocycles. The van der Waals surface area contributed by atoms with E-state index in [0.29, 0.717) is 0 Å². The molecule has 1 atom stereocenters. The summed E-state index contributed by atoms with van der Waals surface area (Å²) in [7, 11) is 0. The second kappa shape index (κ2) is 6.43. The van der Waals surface area contributed by atoms with E-state index in [2.05, 4.69) is 43.0 Å². The number of hydrogen-bond acceptors (Lipinski definition) is 3. The minimum atomic E-state index is 0.134. The number of furan rings is 1. The molecule has 2 aromatic rings. The van der Waals surface area contributed by atoms with E-state index in [0.717, 1.165) is 25.3 Å². The molecule has 0 amide bonds. The molecule has 0 aliphatic rings. The third-order valence-electron chi connectivity index (χ3n) is 3.43. The van der Waals surface area contributed by atoms with Crippen LogP contribution in [0.1, 0.15) is 37.6 Å². The van der Waals surface area contributed by atoms with Crippen LogP contribution >= 0.6 is 0 Å². The highest BCUT2D eigenvalue weighted by atomic mass is 16.3. The Hall–Kier alpha value is -1.74. The third kappa shape index (κ3) is 3.38. The SMILES string of the molecule is CCC(N)c1ccc(N(CC)Cc2ccco2)cc1. The Morgan fingerprint density at radius 1 is 1.16 bits per heavy atom. The van der Waals surface area contributed by atoms with Crippen molar-refractivity contribution in [2.24, 2.45) is 5.73 Å². The summed E-state index contributed by atoms with van der Waals surface area (Å²) in [5.41, 5.74) is 8.43. The van der Waals surface area contributed by atoms with Crippen LogP contribution in [0.3, 0.4) is 0 Å². The van der Waals surface area contributed by atoms with Crippen molar-refractivity contribution in [3.05, 3.63) is 54.0 Å². The quantitative estimate of drug-likeness (QED) is 0.858. The maximum Gasteiger partial charge on any atom is 0.123 e. The zero-order valence-corrected chi connectivity index (χ0v) is 11.7. The van der Waals surface area contributed by atoms with E-state index in [-0.39, 0.29) is 6.04 Å². The van der Waals surface area contributed by atoms with Crippen molar-refractivity contribution in [1.82, 2.24) is 0 Å². The molecular formula is C16H22N2O. The van der Waals surface area contributed by atoms with Crippen LogP contribution in [0.5, 0.6) is 0 Å². The number of hydrogen-bond donors (Lipinski definition) is 1. The molecule has 0 aliphatic heterocycles. The normalized spacial score (nSPS) is 12.4. The molecule has 102 valence electrons. The first-order valence-electron chi connectivity index (χ1n) is 6.87. The number of rotatable bonds is 6. The summed E-state index contributed by atoms with van der Waals surface area (Å²) in [6.07, 6.45) is 2.68. The topological polar surface area (TPSA) is 42.4 Å². The van der Waals surface area contributed by atoms with Gasteiger partial charge in [0, 0.05) is 18.3 Å². The summed E-state index contributed by atoms with van der Waals surface area (Å²) >= 11 is 0. The van der Waals surface area contributed by atoms with Crippen LogP contribution in [0, 0.1) is 0 Å². The Morgan fingerprint density at radius 3 is 2.42 bits per heavy atom. The van der Waals surface area contributed by atoms with Crippen molar-refractivity contribution in [2.45, 2.75) is 32.9 Å². The molecule has 1 aromatic heterocycles. The first-order chi connectivity index (χ1) is 9.24. The average molecular weight is 258 g/mol. The lowest BCUT2D eigenvalue weighted by Crippen LogP contribution is -2.21. The fourth-order valence-corrected chi connectivity index (χ4v) is 2.14. The zero-order chi connectivity index (χ0) is 13.7. The molecule has 19 heavy (non-hydrogen) atoms. The van der Waals surface area contributed by atoms with Crippen LogP contribution in [0.15, 0.2) is 47.1 Å². The molecule has 0 saturated carbocycles. The lowest BCUT2D eigenvalue weighted by molar-refractivity contribution is 0.503. The van der Waals surface area contributed by atoms with Crippen LogP contribution in [-0.2, 0) is 6.54 Å². The van der Waals surface area contributed by atoms with E-state index in [1.807, 2.05) is 12.1 Å². The van der Waals surface area contributed by atoms with Gasteiger partial charge in [-0.1, -0.05) is 19.1 Å². The summed E-state index contributed by atoms with van der Waals surface area (Å²) in [5, 5.41) is 0. The van der Waals surface area contributed by atoms with Gasteiger partial charge >= 0.3 is 0 Å². The molecule has 0 radical (unpaired) electrons. The van der Waals surface area contributed by atoms with Crippen LogP contribution in [0.25, 0.3) is 0 Å². The van der Waals surface area contributed by atoms with Gasteiger partial charge < -0.3 is 15.1 Å². The van der Waals surface area contributed by atoms with Gasteiger partial charge in [0.15, 0.2) is 0 Å². The highest BCUT2D eigenvalue weighted by molar-refractivity contribution is 5.48. The molecule has 3 nitrogen and oxygen atoms in total. The number of nitrogens with zero attached hydrogens (tertiary/aromatic N) is 1. The fraction of sp³-hybridized carbons (Fsp3) is 0.375. The molecule has 1 aromatic carbocycles. The Bertz CT molecular complexity index is 476. The summed E-state index contributed by atoms with van der Waals surface area (Å²) in [6, 6.07) is 12.6. The van der Waals surface area contributed by atoms with Crippen LogP contribution in [-0.4, -0.2) is 6.54 Å². The molecular weight excluding hydrogens is 236 g/mol. The lowest BCUT2D eigenvalue weighted by atomic mass is 10.1. The minimum Gasteiger partial charge on any atom is -0.467 e. The van der Waals surface area contributed by atoms with Crippen molar-refractivity contribution in [3.63, 3.8) is 0 Å². The average Bonchev–Trinajstić information content (AvgIpc) is 2.97. The molecule has 0 bridgehead atoms. The Morgan fingerprint density at radius 2 is 1.89 bits per heavy atom. The van der Waals surface area contributed by atoms with Gasteiger partial charge in [-0.05, 0) is 43.2 Å². The van der Waals surface area contributed by atoms with Gasteiger partial charge in [-0.15, -0.1) is 0 Å². The Labute approximate surface area is 115 Å². The summed E-state index contributed by atoms with van der Waals surface area (Å²) in [6.45, 7) is 5.99. The summed E-state index contributed by atoms with van der Waals surface area (Å²) < 4.78 is 5.40. The van der Waals surface area contributed by atoms with E-state index >= 15 is 0 Å². The smallest absolute Gasteiger partial charge is 0.123 e. The number of benzene rings is 1. The van der Waals surface area contributed by atoms with Crippen molar-refractivity contribution < 1.29 is 4.42 Å². The molecule has 2 N–H and O–H groups in total. The predicted octanol–water partition coefficient (Wildman–Crippen LogP) is 3.72. The second-order valence-electron chi connectivity index (χ2n) is 4.70. The van der Waals surface area contributed by atoms with E-state index in [1.54, 1.807) is 6.26 Å².